The van der Waals surface area contributed by atoms with Crippen molar-refractivity contribution in [2.24, 2.45) is 0 Å². The second kappa shape index (κ2) is 7.62. The third-order valence-electron chi connectivity index (χ3n) is 3.09. The molecule has 0 heterocycles. The average Bonchev–Trinajstić information content (AvgIpc) is 2.46. The SMILES string of the molecule is CC(=O)c1cccc(NC(=O)COc2c(C)cc(Br)cc2Cl)c1. The smallest absolute Gasteiger partial charge is 0.262 e. The summed E-state index contributed by atoms with van der Waals surface area (Å²) in [4.78, 5) is 23.3. The third kappa shape index (κ3) is 4.81. The van der Waals surface area contributed by atoms with Crippen LogP contribution in [0.15, 0.2) is 40.9 Å². The largest absolute Gasteiger partial charge is 0.482 e. The van der Waals surface area contributed by atoms with E-state index in [0.29, 0.717) is 22.0 Å². The molecule has 0 aromatic heterocycles. The number of rotatable bonds is 5. The van der Waals surface area contributed by atoms with Gasteiger partial charge in [-0.05, 0) is 43.7 Å². The molecule has 1 N–H and O–H groups in total. The molecule has 2 rings (SSSR count). The fourth-order valence-electron chi connectivity index (χ4n) is 2.02. The van der Waals surface area contributed by atoms with Gasteiger partial charge in [-0.3, -0.25) is 9.59 Å². The zero-order valence-electron chi connectivity index (χ0n) is 12.7. The number of amides is 1. The molecule has 1 amide bonds. The molecule has 0 aliphatic carbocycles. The molecular weight excluding hydrogens is 382 g/mol. The van der Waals surface area contributed by atoms with Crippen LogP contribution in [0.2, 0.25) is 5.02 Å². The standard InChI is InChI=1S/C17H15BrClNO3/c1-10-6-13(18)8-15(19)17(10)23-9-16(22)20-14-5-3-4-12(7-14)11(2)21/h3-8H,9H2,1-2H3,(H,20,22). The predicted octanol–water partition coefficient (Wildman–Crippen LogP) is 4.63. The van der Waals surface area contributed by atoms with E-state index < -0.39 is 0 Å². The molecule has 2 aromatic carbocycles. The Bertz CT molecular complexity index is 738. The lowest BCUT2D eigenvalue weighted by Crippen LogP contribution is -2.20. The number of ether oxygens (including phenoxy) is 1. The number of Topliss-reactive ketones (excluding diaryl/α,β-unsaturated/α-hetero) is 1. The number of hydrogen-bond donors (Lipinski definition) is 1. The Labute approximate surface area is 147 Å². The molecule has 0 aliphatic heterocycles. The average molecular weight is 397 g/mol. The van der Waals surface area contributed by atoms with E-state index in [1.165, 1.54) is 6.92 Å². The topological polar surface area (TPSA) is 55.4 Å². The first-order chi connectivity index (χ1) is 10.9. The van der Waals surface area contributed by atoms with Gasteiger partial charge in [0.1, 0.15) is 5.75 Å². The minimum Gasteiger partial charge on any atom is -0.482 e. The lowest BCUT2D eigenvalue weighted by molar-refractivity contribution is -0.118. The number of anilines is 1. The second-order valence-electron chi connectivity index (χ2n) is 5.01. The van der Waals surface area contributed by atoms with E-state index in [4.69, 9.17) is 16.3 Å². The van der Waals surface area contributed by atoms with Crippen LogP contribution in [0.1, 0.15) is 22.8 Å². The van der Waals surface area contributed by atoms with Crippen LogP contribution in [0, 0.1) is 6.92 Å². The Hall–Kier alpha value is -1.85. The van der Waals surface area contributed by atoms with E-state index in [1.807, 2.05) is 13.0 Å². The summed E-state index contributed by atoms with van der Waals surface area (Å²) in [6.07, 6.45) is 0. The van der Waals surface area contributed by atoms with E-state index >= 15 is 0 Å². The van der Waals surface area contributed by atoms with Gasteiger partial charge in [-0.25, -0.2) is 0 Å². The van der Waals surface area contributed by atoms with Gasteiger partial charge in [0, 0.05) is 15.7 Å². The maximum atomic E-state index is 12.0. The number of halogens is 2. The number of benzene rings is 2. The molecule has 4 nitrogen and oxygen atoms in total. The second-order valence-corrected chi connectivity index (χ2v) is 6.33. The Morgan fingerprint density at radius 2 is 2.00 bits per heavy atom. The van der Waals surface area contributed by atoms with Crippen LogP contribution in [0.5, 0.6) is 5.75 Å². The molecule has 6 heteroatoms. The van der Waals surface area contributed by atoms with Crippen molar-refractivity contribution in [3.8, 4) is 5.75 Å². The molecule has 0 saturated heterocycles. The van der Waals surface area contributed by atoms with Crippen LogP contribution >= 0.6 is 27.5 Å². The van der Waals surface area contributed by atoms with Gasteiger partial charge in [0.05, 0.1) is 5.02 Å². The van der Waals surface area contributed by atoms with Gasteiger partial charge in [0.15, 0.2) is 12.4 Å². The Kier molecular flexibility index (Phi) is 5.80. The van der Waals surface area contributed by atoms with Gasteiger partial charge < -0.3 is 10.1 Å². The Balaban J connectivity index is 2.01. The molecule has 0 radical (unpaired) electrons. The molecule has 0 atom stereocenters. The zero-order valence-corrected chi connectivity index (χ0v) is 15.0. The van der Waals surface area contributed by atoms with Crippen LogP contribution < -0.4 is 10.1 Å². The van der Waals surface area contributed by atoms with Gasteiger partial charge in [-0.2, -0.15) is 0 Å². The van der Waals surface area contributed by atoms with Gasteiger partial charge in [0.25, 0.3) is 5.91 Å². The zero-order chi connectivity index (χ0) is 17.0. The van der Waals surface area contributed by atoms with Crippen LogP contribution in [0.25, 0.3) is 0 Å². The van der Waals surface area contributed by atoms with E-state index in [0.717, 1.165) is 10.0 Å². The van der Waals surface area contributed by atoms with Gasteiger partial charge in [-0.1, -0.05) is 39.7 Å². The maximum absolute atomic E-state index is 12.0. The molecule has 23 heavy (non-hydrogen) atoms. The highest BCUT2D eigenvalue weighted by molar-refractivity contribution is 9.10. The van der Waals surface area contributed by atoms with Gasteiger partial charge >= 0.3 is 0 Å². The van der Waals surface area contributed by atoms with Crippen LogP contribution in [0.4, 0.5) is 5.69 Å². The highest BCUT2D eigenvalue weighted by Crippen LogP contribution is 2.31. The highest BCUT2D eigenvalue weighted by atomic mass is 79.9. The summed E-state index contributed by atoms with van der Waals surface area (Å²) in [5, 5.41) is 3.12. The number of ketones is 1. The number of carbonyl (C=O) groups excluding carboxylic acids is 2. The maximum Gasteiger partial charge on any atom is 0.262 e. The van der Waals surface area contributed by atoms with E-state index in [9.17, 15) is 9.59 Å². The van der Waals surface area contributed by atoms with Gasteiger partial charge in [-0.15, -0.1) is 0 Å². The molecule has 0 spiro atoms. The molecule has 0 unspecified atom stereocenters. The van der Waals surface area contributed by atoms with Crippen molar-refractivity contribution in [2.45, 2.75) is 13.8 Å². The fraction of sp³-hybridized carbons (Fsp3) is 0.176. The third-order valence-corrected chi connectivity index (χ3v) is 3.83. The van der Waals surface area contributed by atoms with Crippen molar-refractivity contribution >= 4 is 44.9 Å². The lowest BCUT2D eigenvalue weighted by Gasteiger charge is -2.12. The molecule has 0 fully saturated rings. The summed E-state index contributed by atoms with van der Waals surface area (Å²) < 4.78 is 6.35. The number of nitrogens with one attached hydrogen (secondary N) is 1. The van der Waals surface area contributed by atoms with Crippen LogP contribution in [-0.4, -0.2) is 18.3 Å². The molecule has 0 bridgehead atoms. The predicted molar refractivity (Wildman–Crippen MR) is 94.5 cm³/mol. The van der Waals surface area contributed by atoms with E-state index in [2.05, 4.69) is 21.2 Å². The molecular formula is C17H15BrClNO3. The Morgan fingerprint density at radius 3 is 2.65 bits per heavy atom. The number of carbonyl (C=O) groups is 2. The minimum absolute atomic E-state index is 0.0605. The summed E-state index contributed by atoms with van der Waals surface area (Å²) in [5.41, 5.74) is 1.91. The van der Waals surface area contributed by atoms with Crippen molar-refractivity contribution in [1.82, 2.24) is 0 Å². The summed E-state index contributed by atoms with van der Waals surface area (Å²) in [6.45, 7) is 3.15. The lowest BCUT2D eigenvalue weighted by atomic mass is 10.1. The van der Waals surface area contributed by atoms with Crippen LogP contribution in [0.3, 0.4) is 0 Å². The van der Waals surface area contributed by atoms with Gasteiger partial charge in [0.2, 0.25) is 0 Å². The summed E-state index contributed by atoms with van der Waals surface area (Å²) in [7, 11) is 0. The summed E-state index contributed by atoms with van der Waals surface area (Å²) >= 11 is 9.45. The van der Waals surface area contributed by atoms with E-state index in [1.54, 1.807) is 30.3 Å². The minimum atomic E-state index is -0.330. The Morgan fingerprint density at radius 1 is 1.26 bits per heavy atom. The van der Waals surface area contributed by atoms with Crippen molar-refractivity contribution in [2.75, 3.05) is 11.9 Å². The van der Waals surface area contributed by atoms with Crippen molar-refractivity contribution < 1.29 is 14.3 Å². The normalized spacial score (nSPS) is 10.3. The monoisotopic (exact) mass is 395 g/mol. The highest BCUT2D eigenvalue weighted by Gasteiger charge is 2.10. The summed E-state index contributed by atoms with van der Waals surface area (Å²) in [6, 6.07) is 10.3. The number of hydrogen-bond acceptors (Lipinski definition) is 3. The van der Waals surface area contributed by atoms with Crippen molar-refractivity contribution in [1.29, 1.82) is 0 Å². The summed E-state index contributed by atoms with van der Waals surface area (Å²) in [5.74, 6) is 0.0845. The fourth-order valence-corrected chi connectivity index (χ4v) is 3.05. The van der Waals surface area contributed by atoms with Crippen molar-refractivity contribution in [3.63, 3.8) is 0 Å². The molecule has 0 aliphatic rings. The molecule has 2 aromatic rings. The first kappa shape index (κ1) is 17.5. The van der Waals surface area contributed by atoms with Crippen molar-refractivity contribution in [3.05, 3.63) is 57.0 Å². The first-order valence-electron chi connectivity index (χ1n) is 6.86. The molecule has 0 saturated carbocycles. The van der Waals surface area contributed by atoms with E-state index in [-0.39, 0.29) is 18.3 Å². The quantitative estimate of drug-likeness (QED) is 0.750. The first-order valence-corrected chi connectivity index (χ1v) is 8.03. The number of aryl methyl sites for hydroxylation is 1. The molecule has 120 valence electrons. The van der Waals surface area contributed by atoms with Crippen LogP contribution in [-0.2, 0) is 4.79 Å².